The third kappa shape index (κ3) is 4.36. The summed E-state index contributed by atoms with van der Waals surface area (Å²) in [5, 5.41) is 2.50. The van der Waals surface area contributed by atoms with Gasteiger partial charge in [-0.05, 0) is 42.5 Å². The van der Waals surface area contributed by atoms with Crippen molar-refractivity contribution in [2.45, 2.75) is 12.3 Å². The van der Waals surface area contributed by atoms with Crippen molar-refractivity contribution < 1.29 is 31.9 Å². The van der Waals surface area contributed by atoms with Gasteiger partial charge in [-0.25, -0.2) is 9.18 Å². The van der Waals surface area contributed by atoms with Crippen molar-refractivity contribution in [2.24, 2.45) is 0 Å². The summed E-state index contributed by atoms with van der Waals surface area (Å²) in [6.45, 7) is 0.0764. The zero-order valence-corrected chi connectivity index (χ0v) is 13.8. The van der Waals surface area contributed by atoms with Crippen LogP contribution in [0.5, 0.6) is 0 Å². The first-order valence-electron chi connectivity index (χ1n) is 7.93. The monoisotopic (exact) mass is 382 g/mol. The lowest BCUT2D eigenvalue weighted by Gasteiger charge is -2.13. The van der Waals surface area contributed by atoms with Crippen LogP contribution in [0.15, 0.2) is 48.5 Å². The summed E-state index contributed by atoms with van der Waals surface area (Å²) in [6, 6.07) is 9.20. The minimum atomic E-state index is -4.48. The van der Waals surface area contributed by atoms with Crippen molar-refractivity contribution in [3.63, 3.8) is 0 Å². The van der Waals surface area contributed by atoms with Gasteiger partial charge in [-0.1, -0.05) is 6.07 Å². The number of nitrogens with zero attached hydrogens (tertiary/aromatic N) is 1. The Morgan fingerprint density at radius 2 is 1.89 bits per heavy atom. The quantitative estimate of drug-likeness (QED) is 0.822. The van der Waals surface area contributed by atoms with Crippen molar-refractivity contribution >= 4 is 17.7 Å². The molecule has 2 aromatic carbocycles. The summed E-state index contributed by atoms with van der Waals surface area (Å²) >= 11 is 0. The molecule has 1 atom stereocenters. The number of carbonyl (C=O) groups excluding carboxylic acids is 2. The van der Waals surface area contributed by atoms with Gasteiger partial charge in [0.25, 0.3) is 5.91 Å². The zero-order chi connectivity index (χ0) is 19.6. The Morgan fingerprint density at radius 3 is 2.52 bits per heavy atom. The summed E-state index contributed by atoms with van der Waals surface area (Å²) in [4.78, 5) is 25.2. The molecule has 2 aromatic rings. The largest absolute Gasteiger partial charge is 0.442 e. The number of rotatable bonds is 4. The fourth-order valence-electron chi connectivity index (χ4n) is 2.60. The van der Waals surface area contributed by atoms with Crippen LogP contribution >= 0.6 is 0 Å². The minimum absolute atomic E-state index is 0.0303. The molecule has 1 saturated heterocycles. The summed E-state index contributed by atoms with van der Waals surface area (Å²) < 4.78 is 56.0. The molecule has 1 fully saturated rings. The molecule has 0 aromatic heterocycles. The lowest BCUT2D eigenvalue weighted by Crippen LogP contribution is -2.34. The Bertz CT molecular complexity index is 852. The predicted octanol–water partition coefficient (Wildman–Crippen LogP) is 3.60. The topological polar surface area (TPSA) is 58.6 Å². The molecule has 0 radical (unpaired) electrons. The number of benzene rings is 2. The van der Waals surface area contributed by atoms with E-state index in [9.17, 15) is 27.2 Å². The molecule has 2 amide bonds. The first kappa shape index (κ1) is 18.7. The van der Waals surface area contributed by atoms with Crippen LogP contribution in [0.4, 0.5) is 28.0 Å². The highest BCUT2D eigenvalue weighted by Crippen LogP contribution is 2.29. The third-order valence-corrected chi connectivity index (χ3v) is 3.96. The van der Waals surface area contributed by atoms with Gasteiger partial charge in [0.15, 0.2) is 0 Å². The number of nitrogens with one attached hydrogen (secondary N) is 1. The molecule has 1 heterocycles. The number of ether oxygens (including phenoxy) is 1. The minimum Gasteiger partial charge on any atom is -0.442 e. The zero-order valence-electron chi connectivity index (χ0n) is 13.8. The standard InChI is InChI=1S/C18H14F4N2O3/c19-13-2-1-3-14(8-13)24-10-15(27-17(24)26)9-23-16(25)11-4-6-12(7-5-11)18(20,21)22/h1-8,15H,9-10H2,(H,23,25). The average Bonchev–Trinajstić information content (AvgIpc) is 3.00. The van der Waals surface area contributed by atoms with Gasteiger partial charge >= 0.3 is 12.3 Å². The molecular formula is C18H14F4N2O3. The molecule has 5 nitrogen and oxygen atoms in total. The smallest absolute Gasteiger partial charge is 0.416 e. The van der Waals surface area contributed by atoms with Crippen LogP contribution in [0, 0.1) is 5.82 Å². The van der Waals surface area contributed by atoms with Crippen LogP contribution in [0.2, 0.25) is 0 Å². The van der Waals surface area contributed by atoms with E-state index in [1.165, 1.54) is 23.1 Å². The van der Waals surface area contributed by atoms with Gasteiger partial charge in [0.2, 0.25) is 0 Å². The molecule has 0 saturated carbocycles. The first-order chi connectivity index (χ1) is 12.7. The second-order valence-corrected chi connectivity index (χ2v) is 5.88. The highest BCUT2D eigenvalue weighted by atomic mass is 19.4. The highest BCUT2D eigenvalue weighted by molar-refractivity contribution is 5.94. The van der Waals surface area contributed by atoms with E-state index in [4.69, 9.17) is 4.74 Å². The third-order valence-electron chi connectivity index (χ3n) is 3.96. The molecule has 0 bridgehead atoms. The Balaban J connectivity index is 1.57. The van der Waals surface area contributed by atoms with Crippen LogP contribution in [-0.2, 0) is 10.9 Å². The molecule has 1 unspecified atom stereocenters. The Labute approximate surface area is 151 Å². The maximum Gasteiger partial charge on any atom is 0.416 e. The average molecular weight is 382 g/mol. The van der Waals surface area contributed by atoms with Gasteiger partial charge in [0.05, 0.1) is 24.3 Å². The van der Waals surface area contributed by atoms with Gasteiger partial charge in [-0.15, -0.1) is 0 Å². The number of anilines is 1. The van der Waals surface area contributed by atoms with Crippen molar-refractivity contribution in [2.75, 3.05) is 18.0 Å². The maximum absolute atomic E-state index is 13.3. The lowest BCUT2D eigenvalue weighted by atomic mass is 10.1. The summed E-state index contributed by atoms with van der Waals surface area (Å²) in [5.74, 6) is -1.09. The molecule has 27 heavy (non-hydrogen) atoms. The Morgan fingerprint density at radius 1 is 1.19 bits per heavy atom. The molecular weight excluding hydrogens is 368 g/mol. The lowest BCUT2D eigenvalue weighted by molar-refractivity contribution is -0.137. The summed E-state index contributed by atoms with van der Waals surface area (Å²) in [7, 11) is 0. The number of halogens is 4. The van der Waals surface area contributed by atoms with Crippen molar-refractivity contribution in [1.29, 1.82) is 0 Å². The van der Waals surface area contributed by atoms with E-state index in [1.54, 1.807) is 6.07 Å². The van der Waals surface area contributed by atoms with Crippen LogP contribution in [0.25, 0.3) is 0 Å². The van der Waals surface area contributed by atoms with E-state index >= 15 is 0 Å². The van der Waals surface area contributed by atoms with Gasteiger partial charge in [-0.2, -0.15) is 13.2 Å². The first-order valence-corrected chi connectivity index (χ1v) is 7.93. The molecule has 3 rings (SSSR count). The maximum atomic E-state index is 13.3. The fourth-order valence-corrected chi connectivity index (χ4v) is 2.60. The molecule has 0 spiro atoms. The number of cyclic esters (lactones) is 1. The molecule has 1 N–H and O–H groups in total. The number of alkyl halides is 3. The van der Waals surface area contributed by atoms with Gasteiger partial charge in [-0.3, -0.25) is 9.69 Å². The van der Waals surface area contributed by atoms with Gasteiger partial charge < -0.3 is 10.1 Å². The normalized spacial score (nSPS) is 17.0. The van der Waals surface area contributed by atoms with Crippen LogP contribution in [-0.4, -0.2) is 31.2 Å². The summed E-state index contributed by atoms with van der Waals surface area (Å²) in [6.07, 6.45) is -5.82. The molecule has 1 aliphatic heterocycles. The van der Waals surface area contributed by atoms with Crippen molar-refractivity contribution in [3.05, 3.63) is 65.5 Å². The van der Waals surface area contributed by atoms with E-state index in [0.29, 0.717) is 5.69 Å². The van der Waals surface area contributed by atoms with E-state index in [1.807, 2.05) is 0 Å². The fraction of sp³-hybridized carbons (Fsp3) is 0.222. The predicted molar refractivity (Wildman–Crippen MR) is 87.8 cm³/mol. The number of hydrogen-bond acceptors (Lipinski definition) is 3. The van der Waals surface area contributed by atoms with Crippen LogP contribution in [0.3, 0.4) is 0 Å². The van der Waals surface area contributed by atoms with Crippen LogP contribution < -0.4 is 10.2 Å². The second-order valence-electron chi connectivity index (χ2n) is 5.88. The Kier molecular flexibility index (Phi) is 5.02. The van der Waals surface area contributed by atoms with Crippen LogP contribution in [0.1, 0.15) is 15.9 Å². The number of carbonyl (C=O) groups is 2. The summed E-state index contributed by atoms with van der Waals surface area (Å²) in [5.41, 5.74) is -0.472. The molecule has 9 heteroatoms. The number of hydrogen-bond donors (Lipinski definition) is 1. The molecule has 1 aliphatic rings. The second kappa shape index (κ2) is 7.26. The Hall–Kier alpha value is -3.10. The molecule has 0 aliphatic carbocycles. The van der Waals surface area contributed by atoms with E-state index < -0.39 is 35.7 Å². The molecule has 142 valence electrons. The number of amides is 2. The van der Waals surface area contributed by atoms with Crippen molar-refractivity contribution in [1.82, 2.24) is 5.32 Å². The highest BCUT2D eigenvalue weighted by Gasteiger charge is 2.33. The van der Waals surface area contributed by atoms with E-state index in [-0.39, 0.29) is 18.7 Å². The van der Waals surface area contributed by atoms with E-state index in [0.717, 1.165) is 24.3 Å². The SMILES string of the molecule is O=C(NCC1CN(c2cccc(F)c2)C(=O)O1)c1ccc(C(F)(F)F)cc1. The van der Waals surface area contributed by atoms with Crippen molar-refractivity contribution in [3.8, 4) is 0 Å². The van der Waals surface area contributed by atoms with E-state index in [2.05, 4.69) is 5.32 Å². The van der Waals surface area contributed by atoms with Gasteiger partial charge in [0, 0.05) is 5.56 Å². The van der Waals surface area contributed by atoms with Gasteiger partial charge in [0.1, 0.15) is 11.9 Å².